The lowest BCUT2D eigenvalue weighted by atomic mass is 9.97. The lowest BCUT2D eigenvalue weighted by molar-refractivity contribution is 0.0952. The molecule has 1 aliphatic rings. The highest BCUT2D eigenvalue weighted by Gasteiger charge is 2.11. The Bertz CT molecular complexity index is 596. The molecular weight excluding hydrogens is 302 g/mol. The third-order valence-electron chi connectivity index (χ3n) is 4.20. The van der Waals surface area contributed by atoms with Crippen molar-refractivity contribution in [1.29, 1.82) is 0 Å². The number of aromatic nitrogens is 1. The molecule has 0 radical (unpaired) electrons. The smallest absolute Gasteiger partial charge is 0.252 e. The van der Waals surface area contributed by atoms with E-state index in [9.17, 15) is 9.59 Å². The van der Waals surface area contributed by atoms with E-state index in [1.165, 1.54) is 30.8 Å². The first-order chi connectivity index (χ1) is 11.7. The van der Waals surface area contributed by atoms with Crippen molar-refractivity contribution >= 4 is 11.8 Å². The molecule has 0 atom stereocenters. The second-order valence-corrected chi connectivity index (χ2v) is 6.19. The van der Waals surface area contributed by atoms with Crippen LogP contribution in [0.2, 0.25) is 0 Å². The van der Waals surface area contributed by atoms with Crippen LogP contribution in [0.15, 0.2) is 30.1 Å². The molecule has 1 aromatic heterocycles. The average Bonchev–Trinajstić information content (AvgIpc) is 2.63. The molecule has 0 aromatic carbocycles. The average molecular weight is 329 g/mol. The molecule has 2 amide bonds. The lowest BCUT2D eigenvalue weighted by Crippen LogP contribution is -2.27. The van der Waals surface area contributed by atoms with Crippen LogP contribution in [-0.2, 0) is 0 Å². The first-order valence-electron chi connectivity index (χ1n) is 8.90. The fourth-order valence-electron chi connectivity index (χ4n) is 2.74. The number of hydrogen-bond donors (Lipinski definition) is 2. The fraction of sp³-hybridized carbons (Fsp3) is 0.526. The fourth-order valence-corrected chi connectivity index (χ4v) is 2.74. The summed E-state index contributed by atoms with van der Waals surface area (Å²) in [5.74, 6) is -0.361. The first-order valence-corrected chi connectivity index (χ1v) is 8.90. The Morgan fingerprint density at radius 3 is 2.42 bits per heavy atom. The van der Waals surface area contributed by atoms with E-state index in [-0.39, 0.29) is 11.8 Å². The van der Waals surface area contributed by atoms with Gasteiger partial charge in [-0.1, -0.05) is 25.0 Å². The zero-order valence-corrected chi connectivity index (χ0v) is 14.4. The summed E-state index contributed by atoms with van der Waals surface area (Å²) in [5.41, 5.74) is 2.29. The molecule has 0 aliphatic heterocycles. The van der Waals surface area contributed by atoms with Gasteiger partial charge in [-0.05, 0) is 44.6 Å². The molecule has 5 heteroatoms. The quantitative estimate of drug-likeness (QED) is 0.568. The van der Waals surface area contributed by atoms with Crippen LogP contribution in [0.4, 0.5) is 0 Å². The SMILES string of the molecule is CCCCNC(=O)c1cncc(C(=O)NCCC2=CCCCC2)c1. The molecule has 130 valence electrons. The van der Waals surface area contributed by atoms with Gasteiger partial charge in [-0.15, -0.1) is 0 Å². The van der Waals surface area contributed by atoms with E-state index in [2.05, 4.69) is 28.6 Å². The van der Waals surface area contributed by atoms with E-state index in [0.29, 0.717) is 24.2 Å². The highest BCUT2D eigenvalue weighted by atomic mass is 16.2. The Morgan fingerprint density at radius 1 is 1.08 bits per heavy atom. The van der Waals surface area contributed by atoms with Crippen molar-refractivity contribution in [2.75, 3.05) is 13.1 Å². The summed E-state index contributed by atoms with van der Waals surface area (Å²) in [6.07, 6.45) is 13.0. The maximum atomic E-state index is 12.2. The van der Waals surface area contributed by atoms with E-state index in [1.54, 1.807) is 6.07 Å². The molecule has 0 fully saturated rings. The summed E-state index contributed by atoms with van der Waals surface area (Å²) < 4.78 is 0. The van der Waals surface area contributed by atoms with Gasteiger partial charge in [0.15, 0.2) is 0 Å². The number of nitrogens with one attached hydrogen (secondary N) is 2. The third-order valence-corrected chi connectivity index (χ3v) is 4.20. The molecule has 0 saturated carbocycles. The monoisotopic (exact) mass is 329 g/mol. The zero-order valence-electron chi connectivity index (χ0n) is 14.4. The maximum absolute atomic E-state index is 12.2. The number of carbonyl (C=O) groups is 2. The molecule has 2 rings (SSSR count). The lowest BCUT2D eigenvalue weighted by Gasteiger charge is -2.13. The number of nitrogens with zero attached hydrogens (tertiary/aromatic N) is 1. The second-order valence-electron chi connectivity index (χ2n) is 6.19. The molecular formula is C19H27N3O2. The number of allylic oxidation sites excluding steroid dienone is 1. The molecule has 0 bridgehead atoms. The molecule has 1 aliphatic carbocycles. The van der Waals surface area contributed by atoms with Crippen LogP contribution in [0.3, 0.4) is 0 Å². The van der Waals surface area contributed by atoms with Crippen molar-refractivity contribution in [2.45, 2.75) is 51.9 Å². The molecule has 24 heavy (non-hydrogen) atoms. The summed E-state index contributed by atoms with van der Waals surface area (Å²) in [6, 6.07) is 1.60. The Balaban J connectivity index is 1.84. The number of rotatable bonds is 8. The number of amides is 2. The minimum Gasteiger partial charge on any atom is -0.352 e. The third kappa shape index (κ3) is 5.80. The molecule has 0 spiro atoms. The van der Waals surface area contributed by atoms with Crippen LogP contribution in [0, 0.1) is 0 Å². The molecule has 0 saturated heterocycles. The highest BCUT2D eigenvalue weighted by molar-refractivity contribution is 5.99. The molecule has 0 unspecified atom stereocenters. The van der Waals surface area contributed by atoms with Gasteiger partial charge >= 0.3 is 0 Å². The van der Waals surface area contributed by atoms with Crippen LogP contribution >= 0.6 is 0 Å². The molecule has 5 nitrogen and oxygen atoms in total. The number of carbonyl (C=O) groups excluding carboxylic acids is 2. The van der Waals surface area contributed by atoms with Gasteiger partial charge in [0.2, 0.25) is 0 Å². The highest BCUT2D eigenvalue weighted by Crippen LogP contribution is 2.19. The van der Waals surface area contributed by atoms with Gasteiger partial charge in [0.25, 0.3) is 11.8 Å². The van der Waals surface area contributed by atoms with Gasteiger partial charge in [0.05, 0.1) is 11.1 Å². The summed E-state index contributed by atoms with van der Waals surface area (Å²) in [6.45, 7) is 3.33. The molecule has 1 heterocycles. The summed E-state index contributed by atoms with van der Waals surface area (Å²) in [4.78, 5) is 28.3. The van der Waals surface area contributed by atoms with Crippen molar-refractivity contribution < 1.29 is 9.59 Å². The summed E-state index contributed by atoms with van der Waals surface area (Å²) in [5, 5.41) is 5.75. The topological polar surface area (TPSA) is 71.1 Å². The van der Waals surface area contributed by atoms with E-state index >= 15 is 0 Å². The van der Waals surface area contributed by atoms with Crippen molar-refractivity contribution in [3.63, 3.8) is 0 Å². The van der Waals surface area contributed by atoms with Crippen molar-refractivity contribution in [3.05, 3.63) is 41.2 Å². The van der Waals surface area contributed by atoms with Crippen LogP contribution in [-0.4, -0.2) is 29.9 Å². The number of unbranched alkanes of at least 4 members (excludes halogenated alkanes) is 1. The molecule has 1 aromatic rings. The number of hydrogen-bond acceptors (Lipinski definition) is 3. The minimum absolute atomic E-state index is 0.179. The Morgan fingerprint density at radius 2 is 1.79 bits per heavy atom. The van der Waals surface area contributed by atoms with Gasteiger partial charge in [0.1, 0.15) is 0 Å². The van der Waals surface area contributed by atoms with Crippen molar-refractivity contribution in [3.8, 4) is 0 Å². The maximum Gasteiger partial charge on any atom is 0.252 e. The summed E-state index contributed by atoms with van der Waals surface area (Å²) in [7, 11) is 0. The van der Waals surface area contributed by atoms with Gasteiger partial charge in [0, 0.05) is 25.5 Å². The number of pyridine rings is 1. The van der Waals surface area contributed by atoms with E-state index in [4.69, 9.17) is 0 Å². The normalized spacial score (nSPS) is 14.0. The van der Waals surface area contributed by atoms with Gasteiger partial charge in [-0.2, -0.15) is 0 Å². The van der Waals surface area contributed by atoms with E-state index < -0.39 is 0 Å². The van der Waals surface area contributed by atoms with Gasteiger partial charge in [-0.25, -0.2) is 0 Å². The Hall–Kier alpha value is -2.17. The zero-order chi connectivity index (χ0) is 17.2. The largest absolute Gasteiger partial charge is 0.352 e. The van der Waals surface area contributed by atoms with E-state index in [0.717, 1.165) is 32.1 Å². The van der Waals surface area contributed by atoms with Crippen LogP contribution in [0.5, 0.6) is 0 Å². The summed E-state index contributed by atoms with van der Waals surface area (Å²) >= 11 is 0. The van der Waals surface area contributed by atoms with Crippen LogP contribution in [0.25, 0.3) is 0 Å². The van der Waals surface area contributed by atoms with Crippen LogP contribution in [0.1, 0.15) is 72.6 Å². The Kier molecular flexibility index (Phi) is 7.46. The van der Waals surface area contributed by atoms with Crippen molar-refractivity contribution in [1.82, 2.24) is 15.6 Å². The van der Waals surface area contributed by atoms with Gasteiger partial charge < -0.3 is 10.6 Å². The van der Waals surface area contributed by atoms with Crippen LogP contribution < -0.4 is 10.6 Å². The van der Waals surface area contributed by atoms with E-state index in [1.807, 2.05) is 0 Å². The second kappa shape index (κ2) is 9.85. The van der Waals surface area contributed by atoms with Gasteiger partial charge in [-0.3, -0.25) is 14.6 Å². The molecule has 2 N–H and O–H groups in total. The van der Waals surface area contributed by atoms with Crippen molar-refractivity contribution in [2.24, 2.45) is 0 Å². The standard InChI is InChI=1S/C19H27N3O2/c1-2-3-10-21-18(23)16-12-17(14-20-13-16)19(24)22-11-9-15-7-5-4-6-8-15/h7,12-14H,2-6,8-11H2,1H3,(H,21,23)(H,22,24). The minimum atomic E-state index is -0.182. The first kappa shape index (κ1) is 18.2. The predicted octanol–water partition coefficient (Wildman–Crippen LogP) is 3.23. The Labute approximate surface area is 143 Å². The predicted molar refractivity (Wildman–Crippen MR) is 95.0 cm³/mol.